The van der Waals surface area contributed by atoms with Gasteiger partial charge in [-0.2, -0.15) is 0 Å². The molecule has 0 rings (SSSR count). The van der Waals surface area contributed by atoms with Crippen LogP contribution < -0.4 is 0 Å². The molecule has 0 fully saturated rings. The van der Waals surface area contributed by atoms with Gasteiger partial charge >= 0.3 is 11.9 Å². The molecule has 0 aromatic carbocycles. The summed E-state index contributed by atoms with van der Waals surface area (Å²) in [6, 6.07) is 0. The van der Waals surface area contributed by atoms with Gasteiger partial charge in [-0.25, -0.2) is 9.59 Å². The van der Waals surface area contributed by atoms with Gasteiger partial charge in [0.25, 0.3) is 0 Å². The van der Waals surface area contributed by atoms with Gasteiger partial charge in [-0.15, -0.1) is 0 Å². The third-order valence-corrected chi connectivity index (χ3v) is 3.52. The van der Waals surface area contributed by atoms with Crippen molar-refractivity contribution in [3.63, 3.8) is 0 Å². The lowest BCUT2D eigenvalue weighted by Crippen LogP contribution is -2.23. The Bertz CT molecular complexity index is 462. The summed E-state index contributed by atoms with van der Waals surface area (Å²) in [4.78, 5) is 24.2. The van der Waals surface area contributed by atoms with E-state index in [1.54, 1.807) is 21.0 Å². The fourth-order valence-electron chi connectivity index (χ4n) is 1.85. The standard InChI is InChI=1S/C18H30O6/c1-8-10-16(22-7)24-18(20)13(5)15(11-14(9-2)21-6)23-17(19)12(3)4/h14,16H,3,8-11H2,1-2,4-7H3. The largest absolute Gasteiger partial charge is 0.432 e. The van der Waals surface area contributed by atoms with Crippen molar-refractivity contribution < 1.29 is 28.5 Å². The van der Waals surface area contributed by atoms with Crippen LogP contribution >= 0.6 is 0 Å². The average Bonchev–Trinajstić information content (AvgIpc) is 2.56. The van der Waals surface area contributed by atoms with Crippen molar-refractivity contribution in [3.05, 3.63) is 23.5 Å². The molecular formula is C18H30O6. The molecule has 138 valence electrons. The summed E-state index contributed by atoms with van der Waals surface area (Å²) in [5.41, 5.74) is 0.470. The van der Waals surface area contributed by atoms with Crippen LogP contribution in [0.3, 0.4) is 0 Å². The van der Waals surface area contributed by atoms with Gasteiger partial charge in [0.15, 0.2) is 0 Å². The van der Waals surface area contributed by atoms with Crippen molar-refractivity contribution >= 4 is 11.9 Å². The second kappa shape index (κ2) is 11.8. The van der Waals surface area contributed by atoms with E-state index in [0.29, 0.717) is 19.3 Å². The second-order valence-corrected chi connectivity index (χ2v) is 5.55. The molecule has 24 heavy (non-hydrogen) atoms. The zero-order valence-electron chi connectivity index (χ0n) is 15.6. The van der Waals surface area contributed by atoms with E-state index in [9.17, 15) is 9.59 Å². The lowest BCUT2D eigenvalue weighted by atomic mass is 10.1. The molecule has 2 unspecified atom stereocenters. The molecule has 0 saturated heterocycles. The first-order valence-corrected chi connectivity index (χ1v) is 8.14. The minimum absolute atomic E-state index is 0.172. The van der Waals surface area contributed by atoms with Crippen molar-refractivity contribution in [3.8, 4) is 0 Å². The lowest BCUT2D eigenvalue weighted by Gasteiger charge is -2.19. The van der Waals surface area contributed by atoms with Gasteiger partial charge in [0.2, 0.25) is 6.29 Å². The van der Waals surface area contributed by atoms with Crippen LogP contribution in [0.25, 0.3) is 0 Å². The molecule has 0 aromatic rings. The van der Waals surface area contributed by atoms with Gasteiger partial charge in [-0.1, -0.05) is 26.8 Å². The first-order chi connectivity index (χ1) is 11.3. The highest BCUT2D eigenvalue weighted by Gasteiger charge is 2.22. The maximum atomic E-state index is 12.3. The minimum Gasteiger partial charge on any atom is -0.432 e. The topological polar surface area (TPSA) is 71.1 Å². The van der Waals surface area contributed by atoms with E-state index in [1.165, 1.54) is 7.11 Å². The van der Waals surface area contributed by atoms with E-state index in [0.717, 1.165) is 6.42 Å². The number of ether oxygens (including phenoxy) is 4. The molecule has 6 heteroatoms. The quantitative estimate of drug-likeness (QED) is 0.248. The van der Waals surface area contributed by atoms with Crippen molar-refractivity contribution in [2.24, 2.45) is 0 Å². The summed E-state index contributed by atoms with van der Waals surface area (Å²) in [5.74, 6) is -0.932. The molecule has 0 amide bonds. The fourth-order valence-corrected chi connectivity index (χ4v) is 1.85. The molecule has 0 saturated carbocycles. The van der Waals surface area contributed by atoms with Crippen molar-refractivity contribution in [1.82, 2.24) is 0 Å². The van der Waals surface area contributed by atoms with Gasteiger partial charge in [0.1, 0.15) is 5.76 Å². The van der Waals surface area contributed by atoms with E-state index >= 15 is 0 Å². The molecule has 0 aromatic heterocycles. The predicted molar refractivity (Wildman–Crippen MR) is 91.1 cm³/mol. The third-order valence-electron chi connectivity index (χ3n) is 3.52. The van der Waals surface area contributed by atoms with Crippen LogP contribution in [-0.2, 0) is 28.5 Å². The Hall–Kier alpha value is -1.66. The van der Waals surface area contributed by atoms with Crippen LogP contribution in [0.4, 0.5) is 0 Å². The monoisotopic (exact) mass is 342 g/mol. The third kappa shape index (κ3) is 7.75. The fraction of sp³-hybridized carbons (Fsp3) is 0.667. The summed E-state index contributed by atoms with van der Waals surface area (Å²) in [6.45, 7) is 10.6. The van der Waals surface area contributed by atoms with Gasteiger partial charge in [0.05, 0.1) is 11.7 Å². The second-order valence-electron chi connectivity index (χ2n) is 5.55. The molecular weight excluding hydrogens is 312 g/mol. The molecule has 6 nitrogen and oxygen atoms in total. The first-order valence-electron chi connectivity index (χ1n) is 8.14. The van der Waals surface area contributed by atoms with E-state index in [-0.39, 0.29) is 23.0 Å². The van der Waals surface area contributed by atoms with E-state index in [4.69, 9.17) is 18.9 Å². The Morgan fingerprint density at radius 2 is 1.67 bits per heavy atom. The average molecular weight is 342 g/mol. The Labute approximate surface area is 144 Å². The number of carbonyl (C=O) groups excluding carboxylic acids is 2. The van der Waals surface area contributed by atoms with Crippen molar-refractivity contribution in [2.45, 2.75) is 65.8 Å². The van der Waals surface area contributed by atoms with Gasteiger partial charge in [-0.3, -0.25) is 0 Å². The highest BCUT2D eigenvalue weighted by Crippen LogP contribution is 2.20. The number of hydrogen-bond acceptors (Lipinski definition) is 6. The number of carbonyl (C=O) groups is 2. The molecule has 2 atom stereocenters. The highest BCUT2D eigenvalue weighted by atomic mass is 16.7. The molecule has 0 aliphatic heterocycles. The van der Waals surface area contributed by atoms with Crippen molar-refractivity contribution in [2.75, 3.05) is 14.2 Å². The van der Waals surface area contributed by atoms with E-state index < -0.39 is 18.2 Å². The number of rotatable bonds is 11. The van der Waals surface area contributed by atoms with Crippen LogP contribution in [0.5, 0.6) is 0 Å². The minimum atomic E-state index is -0.625. The normalized spacial score (nSPS) is 14.4. The highest BCUT2D eigenvalue weighted by molar-refractivity contribution is 5.91. The summed E-state index contributed by atoms with van der Waals surface area (Å²) in [7, 11) is 3.05. The van der Waals surface area contributed by atoms with Gasteiger partial charge in [0, 0.05) is 32.6 Å². The summed E-state index contributed by atoms with van der Waals surface area (Å²) in [6.07, 6.45) is 1.61. The lowest BCUT2D eigenvalue weighted by molar-refractivity contribution is -0.170. The van der Waals surface area contributed by atoms with Gasteiger partial charge < -0.3 is 18.9 Å². The zero-order chi connectivity index (χ0) is 18.7. The zero-order valence-corrected chi connectivity index (χ0v) is 15.6. The maximum Gasteiger partial charge on any atom is 0.339 e. The summed E-state index contributed by atoms with van der Waals surface area (Å²) < 4.78 is 21.1. The van der Waals surface area contributed by atoms with E-state index in [1.807, 2.05) is 13.8 Å². The number of hydrogen-bond donors (Lipinski definition) is 0. The van der Waals surface area contributed by atoms with Crippen LogP contribution in [0, 0.1) is 0 Å². The Morgan fingerprint density at radius 3 is 2.08 bits per heavy atom. The van der Waals surface area contributed by atoms with E-state index in [2.05, 4.69) is 6.58 Å². The smallest absolute Gasteiger partial charge is 0.339 e. The van der Waals surface area contributed by atoms with Crippen LogP contribution in [0.1, 0.15) is 53.4 Å². The molecule has 0 radical (unpaired) electrons. The van der Waals surface area contributed by atoms with Crippen LogP contribution in [0.2, 0.25) is 0 Å². The summed E-state index contributed by atoms with van der Waals surface area (Å²) in [5, 5.41) is 0. The molecule has 0 aliphatic rings. The van der Waals surface area contributed by atoms with Crippen molar-refractivity contribution in [1.29, 1.82) is 0 Å². The van der Waals surface area contributed by atoms with Gasteiger partial charge in [-0.05, 0) is 20.3 Å². The van der Waals surface area contributed by atoms with Crippen LogP contribution in [0.15, 0.2) is 23.5 Å². The molecule has 0 heterocycles. The molecule has 0 bridgehead atoms. The first kappa shape index (κ1) is 22.3. The predicted octanol–water partition coefficient (Wildman–Crippen LogP) is 3.51. The van der Waals surface area contributed by atoms with Crippen LogP contribution in [-0.4, -0.2) is 38.6 Å². The molecule has 0 spiro atoms. The molecule has 0 N–H and O–H groups in total. The SMILES string of the molecule is C=C(C)C(=O)OC(CC(CC)OC)=C(C)C(=O)OC(CCC)OC. The Kier molecular flexibility index (Phi) is 11.0. The number of methoxy groups -OCH3 is 2. The maximum absolute atomic E-state index is 12.3. The summed E-state index contributed by atoms with van der Waals surface area (Å²) >= 11 is 0. The Morgan fingerprint density at radius 1 is 1.04 bits per heavy atom. The molecule has 0 aliphatic carbocycles. The number of esters is 2. The Balaban J connectivity index is 5.36.